The average molecular weight is 340 g/mol. The van der Waals surface area contributed by atoms with Crippen molar-refractivity contribution in [1.29, 1.82) is 0 Å². The lowest BCUT2D eigenvalue weighted by atomic mass is 10.3. The van der Waals surface area contributed by atoms with Gasteiger partial charge in [-0.2, -0.15) is 0 Å². The van der Waals surface area contributed by atoms with Gasteiger partial charge in [-0.15, -0.1) is 0 Å². The van der Waals surface area contributed by atoms with Gasteiger partial charge in [0, 0.05) is 10.2 Å². The van der Waals surface area contributed by atoms with Crippen LogP contribution in [0.1, 0.15) is 0 Å². The molecular formula is C14H12BrClN2O. The monoisotopic (exact) mass is 338 g/mol. The molecule has 2 rings (SSSR count). The molecule has 0 saturated heterocycles. The van der Waals surface area contributed by atoms with E-state index in [1.165, 1.54) is 0 Å². The Morgan fingerprint density at radius 2 is 1.79 bits per heavy atom. The Morgan fingerprint density at radius 3 is 2.47 bits per heavy atom. The summed E-state index contributed by atoms with van der Waals surface area (Å²) in [5, 5.41) is 6.38. The summed E-state index contributed by atoms with van der Waals surface area (Å²) in [5.41, 5.74) is 1.50. The Bertz CT molecular complexity index is 572. The fourth-order valence-electron chi connectivity index (χ4n) is 1.52. The van der Waals surface area contributed by atoms with Crippen LogP contribution in [0.15, 0.2) is 53.0 Å². The van der Waals surface area contributed by atoms with Gasteiger partial charge in [-0.3, -0.25) is 4.79 Å². The number of hydrogen-bond acceptors (Lipinski definition) is 2. The first-order chi connectivity index (χ1) is 9.15. The Labute approximate surface area is 125 Å². The number of anilines is 2. The number of carbonyl (C=O) groups is 1. The quantitative estimate of drug-likeness (QED) is 0.878. The van der Waals surface area contributed by atoms with Crippen LogP contribution in [0.5, 0.6) is 0 Å². The molecule has 0 aromatic heterocycles. The number of hydrogen-bond donors (Lipinski definition) is 2. The van der Waals surface area contributed by atoms with E-state index in [2.05, 4.69) is 26.6 Å². The zero-order chi connectivity index (χ0) is 13.7. The molecule has 2 aromatic rings. The van der Waals surface area contributed by atoms with Crippen molar-refractivity contribution in [1.82, 2.24) is 0 Å². The van der Waals surface area contributed by atoms with Crippen molar-refractivity contribution in [2.45, 2.75) is 0 Å². The van der Waals surface area contributed by atoms with E-state index in [9.17, 15) is 4.79 Å². The second-order valence-electron chi connectivity index (χ2n) is 3.89. The molecule has 19 heavy (non-hydrogen) atoms. The first kappa shape index (κ1) is 13.9. The zero-order valence-corrected chi connectivity index (χ0v) is 12.3. The predicted molar refractivity (Wildman–Crippen MR) is 82.7 cm³/mol. The van der Waals surface area contributed by atoms with Gasteiger partial charge in [-0.1, -0.05) is 39.7 Å². The summed E-state index contributed by atoms with van der Waals surface area (Å²) in [6, 6.07) is 14.7. The van der Waals surface area contributed by atoms with Crippen LogP contribution in [-0.4, -0.2) is 12.5 Å². The van der Waals surface area contributed by atoms with Gasteiger partial charge in [-0.25, -0.2) is 0 Å². The zero-order valence-electron chi connectivity index (χ0n) is 9.99. The Balaban J connectivity index is 1.88. The van der Waals surface area contributed by atoms with Crippen LogP contribution in [-0.2, 0) is 4.79 Å². The van der Waals surface area contributed by atoms with Gasteiger partial charge in [0.2, 0.25) is 5.91 Å². The summed E-state index contributed by atoms with van der Waals surface area (Å²) in [6.45, 7) is 0.166. The van der Waals surface area contributed by atoms with Crippen LogP contribution >= 0.6 is 27.5 Å². The van der Waals surface area contributed by atoms with Crippen molar-refractivity contribution >= 4 is 44.8 Å². The third-order valence-corrected chi connectivity index (χ3v) is 3.30. The molecule has 1 amide bonds. The minimum Gasteiger partial charge on any atom is -0.375 e. The molecule has 0 spiro atoms. The van der Waals surface area contributed by atoms with Crippen molar-refractivity contribution in [2.24, 2.45) is 0 Å². The number of amides is 1. The Kier molecular flexibility index (Phi) is 4.82. The molecule has 0 atom stereocenters. The lowest BCUT2D eigenvalue weighted by Gasteiger charge is -2.09. The van der Waals surface area contributed by atoms with Crippen LogP contribution in [0.4, 0.5) is 11.4 Å². The molecule has 0 fully saturated rings. The number of carbonyl (C=O) groups excluding carboxylic acids is 1. The van der Waals surface area contributed by atoms with Crippen molar-refractivity contribution in [3.05, 3.63) is 58.0 Å². The van der Waals surface area contributed by atoms with Crippen molar-refractivity contribution < 1.29 is 4.79 Å². The second-order valence-corrected chi connectivity index (χ2v) is 5.21. The number of rotatable bonds is 4. The molecule has 0 unspecified atom stereocenters. The molecule has 0 aliphatic heterocycles. The minimum atomic E-state index is -0.123. The molecule has 5 heteroatoms. The van der Waals surface area contributed by atoms with Crippen LogP contribution in [0.2, 0.25) is 5.02 Å². The molecule has 0 radical (unpaired) electrons. The summed E-state index contributed by atoms with van der Waals surface area (Å²) < 4.78 is 0.972. The molecular weight excluding hydrogens is 328 g/mol. The summed E-state index contributed by atoms with van der Waals surface area (Å²) in [7, 11) is 0. The molecule has 0 saturated carbocycles. The van der Waals surface area contributed by atoms with Gasteiger partial charge in [-0.05, 0) is 36.4 Å². The van der Waals surface area contributed by atoms with Gasteiger partial charge in [0.05, 0.1) is 17.3 Å². The highest BCUT2D eigenvalue weighted by Gasteiger charge is 2.04. The molecule has 0 bridgehead atoms. The van der Waals surface area contributed by atoms with Crippen molar-refractivity contribution in [3.63, 3.8) is 0 Å². The average Bonchev–Trinajstić information content (AvgIpc) is 2.40. The fraction of sp³-hybridized carbons (Fsp3) is 0.0714. The maximum Gasteiger partial charge on any atom is 0.243 e. The van der Waals surface area contributed by atoms with E-state index in [0.29, 0.717) is 5.02 Å². The second kappa shape index (κ2) is 6.59. The summed E-state index contributed by atoms with van der Waals surface area (Å²) in [5.74, 6) is -0.123. The third kappa shape index (κ3) is 4.26. The van der Waals surface area contributed by atoms with Gasteiger partial charge < -0.3 is 10.6 Å². The first-order valence-corrected chi connectivity index (χ1v) is 6.86. The number of nitrogens with one attached hydrogen (secondary N) is 2. The van der Waals surface area contributed by atoms with Gasteiger partial charge in [0.1, 0.15) is 0 Å². The van der Waals surface area contributed by atoms with Crippen molar-refractivity contribution in [2.75, 3.05) is 17.2 Å². The lowest BCUT2D eigenvalue weighted by Crippen LogP contribution is -2.21. The van der Waals surface area contributed by atoms with E-state index in [4.69, 9.17) is 11.6 Å². The largest absolute Gasteiger partial charge is 0.375 e. The van der Waals surface area contributed by atoms with Gasteiger partial charge in [0.15, 0.2) is 0 Å². The molecule has 98 valence electrons. The smallest absolute Gasteiger partial charge is 0.243 e. The number of halogens is 2. The highest BCUT2D eigenvalue weighted by atomic mass is 79.9. The number of benzene rings is 2. The molecule has 2 aromatic carbocycles. The van der Waals surface area contributed by atoms with E-state index in [1.807, 2.05) is 42.5 Å². The van der Waals surface area contributed by atoms with Crippen molar-refractivity contribution in [3.8, 4) is 0 Å². The Hall–Kier alpha value is -1.52. The maximum absolute atomic E-state index is 11.8. The van der Waals surface area contributed by atoms with E-state index in [1.54, 1.807) is 6.07 Å². The number of para-hydroxylation sites is 1. The standard InChI is InChI=1S/C14H12BrClN2O/c15-10-5-7-11(8-6-10)18-14(19)9-17-13-4-2-1-3-12(13)16/h1-8,17H,9H2,(H,18,19). The third-order valence-electron chi connectivity index (χ3n) is 2.44. The lowest BCUT2D eigenvalue weighted by molar-refractivity contribution is -0.114. The van der Waals surface area contributed by atoms with E-state index in [0.717, 1.165) is 15.8 Å². The summed E-state index contributed by atoms with van der Waals surface area (Å²) >= 11 is 9.33. The van der Waals surface area contributed by atoms with E-state index >= 15 is 0 Å². The van der Waals surface area contributed by atoms with Crippen LogP contribution < -0.4 is 10.6 Å². The van der Waals surface area contributed by atoms with Gasteiger partial charge in [0.25, 0.3) is 0 Å². The summed E-state index contributed by atoms with van der Waals surface area (Å²) in [6.07, 6.45) is 0. The van der Waals surface area contributed by atoms with Gasteiger partial charge >= 0.3 is 0 Å². The predicted octanol–water partition coefficient (Wildman–Crippen LogP) is 4.15. The topological polar surface area (TPSA) is 41.1 Å². The van der Waals surface area contributed by atoms with Crippen LogP contribution in [0.3, 0.4) is 0 Å². The fourth-order valence-corrected chi connectivity index (χ4v) is 1.99. The molecule has 0 aliphatic rings. The van der Waals surface area contributed by atoms with Crippen LogP contribution in [0.25, 0.3) is 0 Å². The summed E-state index contributed by atoms with van der Waals surface area (Å²) in [4.78, 5) is 11.8. The Morgan fingerprint density at radius 1 is 1.11 bits per heavy atom. The molecule has 3 nitrogen and oxygen atoms in total. The molecule has 0 heterocycles. The normalized spacial score (nSPS) is 10.0. The van der Waals surface area contributed by atoms with E-state index < -0.39 is 0 Å². The SMILES string of the molecule is O=C(CNc1ccccc1Cl)Nc1ccc(Br)cc1. The molecule has 0 aliphatic carbocycles. The maximum atomic E-state index is 11.8. The molecule has 2 N–H and O–H groups in total. The highest BCUT2D eigenvalue weighted by molar-refractivity contribution is 9.10. The minimum absolute atomic E-state index is 0.123. The first-order valence-electron chi connectivity index (χ1n) is 5.69. The highest BCUT2D eigenvalue weighted by Crippen LogP contribution is 2.20. The van der Waals surface area contributed by atoms with E-state index in [-0.39, 0.29) is 12.5 Å². The van der Waals surface area contributed by atoms with Crippen LogP contribution in [0, 0.1) is 0 Å².